The molecule has 0 aromatic rings. The van der Waals surface area contributed by atoms with Gasteiger partial charge in [0.15, 0.2) is 0 Å². The third kappa shape index (κ3) is 6.97. The lowest BCUT2D eigenvalue weighted by molar-refractivity contribution is -0.138. The van der Waals surface area contributed by atoms with Crippen LogP contribution in [-0.2, 0) is 9.59 Å². The molecule has 0 aromatic heterocycles. The number of carbonyl (C=O) groups excluding carboxylic acids is 2. The molecule has 0 spiro atoms. The number of nitrogens with one attached hydrogen (secondary N) is 2. The average Bonchev–Trinajstić information content (AvgIpc) is 2.44. The SMILES string of the molecule is CCCNC(=O)CCNC(=O)N1CCCC(CC(=O)O)C1. The molecule has 0 bridgehead atoms. The second-order valence-electron chi connectivity index (χ2n) is 5.38. The van der Waals surface area contributed by atoms with E-state index in [-0.39, 0.29) is 30.7 Å². The van der Waals surface area contributed by atoms with Crippen LogP contribution < -0.4 is 10.6 Å². The van der Waals surface area contributed by atoms with E-state index in [2.05, 4.69) is 10.6 Å². The van der Waals surface area contributed by atoms with Crippen LogP contribution in [0.5, 0.6) is 0 Å². The van der Waals surface area contributed by atoms with Crippen molar-refractivity contribution < 1.29 is 19.5 Å². The first-order valence-electron chi connectivity index (χ1n) is 7.54. The molecule has 3 amide bonds. The maximum absolute atomic E-state index is 12.0. The van der Waals surface area contributed by atoms with Gasteiger partial charge in [0.1, 0.15) is 0 Å². The van der Waals surface area contributed by atoms with Crippen molar-refractivity contribution in [3.05, 3.63) is 0 Å². The van der Waals surface area contributed by atoms with Gasteiger partial charge in [-0.15, -0.1) is 0 Å². The van der Waals surface area contributed by atoms with Crippen molar-refractivity contribution in [2.24, 2.45) is 5.92 Å². The first kappa shape index (κ1) is 17.3. The first-order valence-corrected chi connectivity index (χ1v) is 7.54. The minimum Gasteiger partial charge on any atom is -0.481 e. The van der Waals surface area contributed by atoms with Crippen LogP contribution in [0, 0.1) is 5.92 Å². The van der Waals surface area contributed by atoms with Crippen molar-refractivity contribution in [3.8, 4) is 0 Å². The van der Waals surface area contributed by atoms with Crippen molar-refractivity contribution in [2.75, 3.05) is 26.2 Å². The van der Waals surface area contributed by atoms with Gasteiger partial charge in [-0.25, -0.2) is 4.79 Å². The van der Waals surface area contributed by atoms with Crippen LogP contribution in [0.25, 0.3) is 0 Å². The fourth-order valence-corrected chi connectivity index (χ4v) is 2.41. The van der Waals surface area contributed by atoms with Gasteiger partial charge in [0.05, 0.1) is 0 Å². The summed E-state index contributed by atoms with van der Waals surface area (Å²) in [7, 11) is 0. The predicted octanol–water partition coefficient (Wildman–Crippen LogP) is 0.799. The summed E-state index contributed by atoms with van der Waals surface area (Å²) >= 11 is 0. The van der Waals surface area contributed by atoms with E-state index < -0.39 is 5.97 Å². The van der Waals surface area contributed by atoms with E-state index in [1.54, 1.807) is 4.90 Å². The molecule has 0 radical (unpaired) electrons. The minimum absolute atomic E-state index is 0.0230. The number of urea groups is 1. The summed E-state index contributed by atoms with van der Waals surface area (Å²) in [6.45, 7) is 4.04. The van der Waals surface area contributed by atoms with Crippen LogP contribution in [-0.4, -0.2) is 54.1 Å². The number of hydrogen-bond donors (Lipinski definition) is 3. The van der Waals surface area contributed by atoms with Gasteiger partial charge in [-0.05, 0) is 25.2 Å². The summed E-state index contributed by atoms with van der Waals surface area (Å²) < 4.78 is 0. The largest absolute Gasteiger partial charge is 0.481 e. The molecule has 0 saturated carbocycles. The second-order valence-corrected chi connectivity index (χ2v) is 5.38. The summed E-state index contributed by atoms with van der Waals surface area (Å²) in [5.74, 6) is -0.871. The molecule has 1 atom stereocenters. The summed E-state index contributed by atoms with van der Waals surface area (Å²) in [6, 6.07) is -0.214. The van der Waals surface area contributed by atoms with Crippen molar-refractivity contribution in [1.29, 1.82) is 0 Å². The number of likely N-dealkylation sites (tertiary alicyclic amines) is 1. The van der Waals surface area contributed by atoms with E-state index in [1.807, 2.05) is 6.92 Å². The molecule has 1 aliphatic rings. The van der Waals surface area contributed by atoms with Gasteiger partial charge in [0.2, 0.25) is 5.91 Å². The number of carboxylic acid groups (broad SMARTS) is 1. The number of hydrogen-bond acceptors (Lipinski definition) is 3. The maximum Gasteiger partial charge on any atom is 0.317 e. The van der Waals surface area contributed by atoms with E-state index in [1.165, 1.54) is 0 Å². The van der Waals surface area contributed by atoms with Gasteiger partial charge in [-0.2, -0.15) is 0 Å². The van der Waals surface area contributed by atoms with Gasteiger partial charge in [-0.3, -0.25) is 9.59 Å². The van der Waals surface area contributed by atoms with Crippen LogP contribution >= 0.6 is 0 Å². The Bertz CT molecular complexity index is 373. The Labute approximate surface area is 125 Å². The number of carboxylic acids is 1. The Morgan fingerprint density at radius 1 is 1.24 bits per heavy atom. The van der Waals surface area contributed by atoms with E-state index in [0.717, 1.165) is 19.3 Å². The predicted molar refractivity (Wildman–Crippen MR) is 77.9 cm³/mol. The van der Waals surface area contributed by atoms with E-state index in [0.29, 0.717) is 26.2 Å². The lowest BCUT2D eigenvalue weighted by Gasteiger charge is -2.32. The van der Waals surface area contributed by atoms with Gasteiger partial charge in [0, 0.05) is 39.0 Å². The Hall–Kier alpha value is -1.79. The van der Waals surface area contributed by atoms with Gasteiger partial charge in [0.25, 0.3) is 0 Å². The molecule has 1 heterocycles. The molecule has 0 aliphatic carbocycles. The monoisotopic (exact) mass is 299 g/mol. The van der Waals surface area contributed by atoms with Crippen LogP contribution in [0.2, 0.25) is 0 Å². The Balaban J connectivity index is 2.25. The van der Waals surface area contributed by atoms with Crippen LogP contribution in [0.15, 0.2) is 0 Å². The highest BCUT2D eigenvalue weighted by Crippen LogP contribution is 2.19. The lowest BCUT2D eigenvalue weighted by Crippen LogP contribution is -2.46. The van der Waals surface area contributed by atoms with Gasteiger partial charge >= 0.3 is 12.0 Å². The quantitative estimate of drug-likeness (QED) is 0.647. The zero-order valence-electron chi connectivity index (χ0n) is 12.6. The standard InChI is InChI=1S/C14H25N3O4/c1-2-6-15-12(18)5-7-16-14(21)17-8-3-4-11(10-17)9-13(19)20/h11H,2-10H2,1H3,(H,15,18)(H,16,21)(H,19,20). The molecular formula is C14H25N3O4. The molecule has 1 unspecified atom stereocenters. The summed E-state index contributed by atoms with van der Waals surface area (Å²) in [5, 5.41) is 14.3. The molecule has 120 valence electrons. The van der Waals surface area contributed by atoms with Crippen LogP contribution in [0.3, 0.4) is 0 Å². The van der Waals surface area contributed by atoms with Gasteiger partial charge in [-0.1, -0.05) is 6.92 Å². The molecule has 7 nitrogen and oxygen atoms in total. The fourth-order valence-electron chi connectivity index (χ4n) is 2.41. The molecule has 0 aromatic carbocycles. The van der Waals surface area contributed by atoms with Crippen molar-refractivity contribution >= 4 is 17.9 Å². The third-order valence-corrected chi connectivity index (χ3v) is 3.47. The lowest BCUT2D eigenvalue weighted by atomic mass is 9.95. The zero-order chi connectivity index (χ0) is 15.7. The topological polar surface area (TPSA) is 98.7 Å². The molecule has 1 saturated heterocycles. The zero-order valence-corrected chi connectivity index (χ0v) is 12.6. The Morgan fingerprint density at radius 2 is 2.00 bits per heavy atom. The number of piperidine rings is 1. The highest BCUT2D eigenvalue weighted by atomic mass is 16.4. The van der Waals surface area contributed by atoms with Crippen molar-refractivity contribution in [3.63, 3.8) is 0 Å². The summed E-state index contributed by atoms with van der Waals surface area (Å²) in [4.78, 5) is 35.7. The van der Waals surface area contributed by atoms with Crippen molar-refractivity contribution in [1.82, 2.24) is 15.5 Å². The third-order valence-electron chi connectivity index (χ3n) is 3.47. The number of aliphatic carboxylic acids is 1. The minimum atomic E-state index is -0.824. The van der Waals surface area contributed by atoms with E-state index in [9.17, 15) is 14.4 Å². The molecular weight excluding hydrogens is 274 g/mol. The fraction of sp³-hybridized carbons (Fsp3) is 0.786. The Morgan fingerprint density at radius 3 is 2.67 bits per heavy atom. The average molecular weight is 299 g/mol. The molecule has 1 rings (SSSR count). The maximum atomic E-state index is 12.0. The summed E-state index contributed by atoms with van der Waals surface area (Å²) in [6.07, 6.45) is 2.91. The number of carbonyl (C=O) groups is 3. The molecule has 3 N–H and O–H groups in total. The molecule has 1 aliphatic heterocycles. The molecule has 1 fully saturated rings. The smallest absolute Gasteiger partial charge is 0.317 e. The second kappa shape index (κ2) is 9.20. The van der Waals surface area contributed by atoms with Crippen molar-refractivity contribution in [2.45, 2.75) is 39.0 Å². The molecule has 21 heavy (non-hydrogen) atoms. The number of nitrogens with zero attached hydrogens (tertiary/aromatic N) is 1. The summed E-state index contributed by atoms with van der Waals surface area (Å²) in [5.41, 5.74) is 0. The molecule has 7 heteroatoms. The van der Waals surface area contributed by atoms with E-state index >= 15 is 0 Å². The van der Waals surface area contributed by atoms with Gasteiger partial charge < -0.3 is 20.6 Å². The number of amides is 3. The highest BCUT2D eigenvalue weighted by molar-refractivity contribution is 5.78. The normalized spacial score (nSPS) is 18.1. The Kier molecular flexibility index (Phi) is 7.56. The van der Waals surface area contributed by atoms with Crippen LogP contribution in [0.1, 0.15) is 39.0 Å². The highest BCUT2D eigenvalue weighted by Gasteiger charge is 2.25. The van der Waals surface area contributed by atoms with Crippen LogP contribution in [0.4, 0.5) is 4.79 Å². The first-order chi connectivity index (χ1) is 10.0. The number of rotatable bonds is 7. The van der Waals surface area contributed by atoms with E-state index in [4.69, 9.17) is 5.11 Å².